The molecule has 19 heavy (non-hydrogen) atoms. The minimum atomic E-state index is -1.54. The van der Waals surface area contributed by atoms with Gasteiger partial charge in [-0.1, -0.05) is 13.3 Å². The minimum Gasteiger partial charge on any atom is -0.338 e. The molecule has 1 aliphatic rings. The van der Waals surface area contributed by atoms with Crippen molar-refractivity contribution in [3.05, 3.63) is 35.1 Å². The molecule has 1 aliphatic heterocycles. The molecule has 1 unspecified atom stereocenters. The van der Waals surface area contributed by atoms with Gasteiger partial charge >= 0.3 is 0 Å². The monoisotopic (exact) mass is 271 g/mol. The largest absolute Gasteiger partial charge is 0.338 e. The van der Waals surface area contributed by atoms with Crippen LogP contribution in [0.1, 0.15) is 36.5 Å². The summed E-state index contributed by atoms with van der Waals surface area (Å²) in [7, 11) is 0. The van der Waals surface area contributed by atoms with Crippen LogP contribution in [0.3, 0.4) is 0 Å². The third-order valence-electron chi connectivity index (χ3n) is 3.50. The van der Waals surface area contributed by atoms with Crippen LogP contribution in [-0.2, 0) is 0 Å². The topological polar surface area (TPSA) is 20.3 Å². The molecule has 0 saturated carbocycles. The first-order valence-electron chi connectivity index (χ1n) is 6.46. The molecule has 0 spiro atoms. The van der Waals surface area contributed by atoms with E-state index in [1.807, 2.05) is 0 Å². The molecule has 0 radical (unpaired) electrons. The number of carbonyl (C=O) groups is 1. The molecule has 1 heterocycles. The average molecular weight is 271 g/mol. The van der Waals surface area contributed by atoms with E-state index in [-0.39, 0.29) is 5.56 Å². The summed E-state index contributed by atoms with van der Waals surface area (Å²) in [5.74, 6) is -4.18. The van der Waals surface area contributed by atoms with Crippen LogP contribution in [0.5, 0.6) is 0 Å². The van der Waals surface area contributed by atoms with Crippen LogP contribution in [-0.4, -0.2) is 23.9 Å². The zero-order valence-electron chi connectivity index (χ0n) is 10.8. The second kappa shape index (κ2) is 5.63. The second-order valence-corrected chi connectivity index (χ2v) is 4.95. The van der Waals surface area contributed by atoms with Crippen LogP contribution in [0.25, 0.3) is 0 Å². The van der Waals surface area contributed by atoms with Gasteiger partial charge in [0.15, 0.2) is 17.5 Å². The van der Waals surface area contributed by atoms with Crippen LogP contribution < -0.4 is 0 Å². The lowest BCUT2D eigenvalue weighted by atomic mass is 10.0. The van der Waals surface area contributed by atoms with Crippen molar-refractivity contribution in [2.45, 2.75) is 26.2 Å². The Labute approximate surface area is 110 Å². The third kappa shape index (κ3) is 2.91. The number of benzene rings is 1. The van der Waals surface area contributed by atoms with Crippen molar-refractivity contribution >= 4 is 5.91 Å². The predicted molar refractivity (Wildman–Crippen MR) is 65.2 cm³/mol. The molecule has 1 aromatic rings. The molecule has 104 valence electrons. The standard InChI is InChI=1S/C14H16F3NO/c1-2-3-9-4-5-18(8-9)14(19)10-6-11(15)13(17)12(16)7-10/h6-7,9H,2-5,8H2,1H3. The van der Waals surface area contributed by atoms with Crippen LogP contribution in [0, 0.1) is 23.4 Å². The van der Waals surface area contributed by atoms with Gasteiger partial charge in [-0.3, -0.25) is 4.79 Å². The number of halogens is 3. The normalized spacial score (nSPS) is 18.9. The van der Waals surface area contributed by atoms with E-state index in [2.05, 4.69) is 6.92 Å². The molecule has 0 aliphatic carbocycles. The second-order valence-electron chi connectivity index (χ2n) is 4.95. The van der Waals surface area contributed by atoms with E-state index in [0.29, 0.717) is 19.0 Å². The smallest absolute Gasteiger partial charge is 0.254 e. The van der Waals surface area contributed by atoms with E-state index in [0.717, 1.165) is 31.4 Å². The molecule has 5 heteroatoms. The van der Waals surface area contributed by atoms with Gasteiger partial charge in [-0.05, 0) is 30.9 Å². The van der Waals surface area contributed by atoms with Crippen LogP contribution in [0.4, 0.5) is 13.2 Å². The van der Waals surface area contributed by atoms with Crippen molar-refractivity contribution in [2.75, 3.05) is 13.1 Å². The van der Waals surface area contributed by atoms with E-state index in [4.69, 9.17) is 0 Å². The summed E-state index contributed by atoms with van der Waals surface area (Å²) >= 11 is 0. The van der Waals surface area contributed by atoms with Gasteiger partial charge in [-0.2, -0.15) is 0 Å². The lowest BCUT2D eigenvalue weighted by Crippen LogP contribution is -2.29. The fourth-order valence-corrected chi connectivity index (χ4v) is 2.52. The van der Waals surface area contributed by atoms with E-state index in [1.54, 1.807) is 4.90 Å². The first-order chi connectivity index (χ1) is 9.02. The van der Waals surface area contributed by atoms with Crippen LogP contribution in [0.15, 0.2) is 12.1 Å². The molecule has 1 atom stereocenters. The summed E-state index contributed by atoms with van der Waals surface area (Å²) in [5, 5.41) is 0. The number of nitrogens with zero attached hydrogens (tertiary/aromatic N) is 1. The molecular weight excluding hydrogens is 255 g/mol. The van der Waals surface area contributed by atoms with Gasteiger partial charge in [0.25, 0.3) is 5.91 Å². The minimum absolute atomic E-state index is 0.131. The van der Waals surface area contributed by atoms with Gasteiger partial charge in [0.2, 0.25) is 0 Å². The van der Waals surface area contributed by atoms with Crippen molar-refractivity contribution < 1.29 is 18.0 Å². The number of amides is 1. The molecule has 2 rings (SSSR count). The molecular formula is C14H16F3NO. The van der Waals surface area contributed by atoms with Gasteiger partial charge in [-0.15, -0.1) is 0 Å². The Morgan fingerprint density at radius 1 is 1.32 bits per heavy atom. The first-order valence-corrected chi connectivity index (χ1v) is 6.46. The van der Waals surface area contributed by atoms with Crippen molar-refractivity contribution in [3.8, 4) is 0 Å². The number of hydrogen-bond acceptors (Lipinski definition) is 1. The van der Waals surface area contributed by atoms with Crippen LogP contribution in [0.2, 0.25) is 0 Å². The predicted octanol–water partition coefficient (Wildman–Crippen LogP) is 3.37. The summed E-state index contributed by atoms with van der Waals surface area (Å²) in [6.45, 7) is 3.27. The Kier molecular flexibility index (Phi) is 4.12. The molecule has 2 nitrogen and oxygen atoms in total. The average Bonchev–Trinajstić information content (AvgIpc) is 2.83. The molecule has 1 saturated heterocycles. The fourth-order valence-electron chi connectivity index (χ4n) is 2.52. The zero-order valence-corrected chi connectivity index (χ0v) is 10.8. The molecule has 0 aromatic heterocycles. The highest BCUT2D eigenvalue weighted by atomic mass is 19.2. The Morgan fingerprint density at radius 3 is 2.53 bits per heavy atom. The molecule has 1 aromatic carbocycles. The van der Waals surface area contributed by atoms with E-state index in [9.17, 15) is 18.0 Å². The molecule has 1 fully saturated rings. The number of hydrogen-bond donors (Lipinski definition) is 0. The maximum absolute atomic E-state index is 13.1. The van der Waals surface area contributed by atoms with Crippen molar-refractivity contribution in [3.63, 3.8) is 0 Å². The Morgan fingerprint density at radius 2 is 1.95 bits per heavy atom. The molecule has 0 N–H and O–H groups in total. The van der Waals surface area contributed by atoms with Gasteiger partial charge in [-0.25, -0.2) is 13.2 Å². The van der Waals surface area contributed by atoms with Crippen LogP contribution >= 0.6 is 0 Å². The van der Waals surface area contributed by atoms with Gasteiger partial charge in [0, 0.05) is 18.7 Å². The SMILES string of the molecule is CCCC1CCN(C(=O)c2cc(F)c(F)c(F)c2)C1. The highest BCUT2D eigenvalue weighted by Gasteiger charge is 2.27. The third-order valence-corrected chi connectivity index (χ3v) is 3.50. The summed E-state index contributed by atoms with van der Waals surface area (Å²) in [5.41, 5.74) is -0.131. The first kappa shape index (κ1) is 13.9. The lowest BCUT2D eigenvalue weighted by molar-refractivity contribution is 0.0785. The van der Waals surface area contributed by atoms with Gasteiger partial charge < -0.3 is 4.90 Å². The fraction of sp³-hybridized carbons (Fsp3) is 0.500. The maximum Gasteiger partial charge on any atom is 0.254 e. The van der Waals surface area contributed by atoms with Crippen molar-refractivity contribution in [1.29, 1.82) is 0 Å². The lowest BCUT2D eigenvalue weighted by Gasteiger charge is -2.16. The van der Waals surface area contributed by atoms with E-state index in [1.165, 1.54) is 0 Å². The summed E-state index contributed by atoms with van der Waals surface area (Å²) in [4.78, 5) is 13.7. The van der Waals surface area contributed by atoms with Gasteiger partial charge in [0.05, 0.1) is 0 Å². The Balaban J connectivity index is 2.13. The number of rotatable bonds is 3. The number of likely N-dealkylation sites (tertiary alicyclic amines) is 1. The number of carbonyl (C=O) groups excluding carboxylic acids is 1. The van der Waals surface area contributed by atoms with Gasteiger partial charge in [0.1, 0.15) is 0 Å². The highest BCUT2D eigenvalue weighted by molar-refractivity contribution is 5.94. The highest BCUT2D eigenvalue weighted by Crippen LogP contribution is 2.23. The van der Waals surface area contributed by atoms with Crippen molar-refractivity contribution in [2.24, 2.45) is 5.92 Å². The van der Waals surface area contributed by atoms with E-state index >= 15 is 0 Å². The Hall–Kier alpha value is -1.52. The van der Waals surface area contributed by atoms with E-state index < -0.39 is 23.4 Å². The Bertz CT molecular complexity index is 467. The molecule has 0 bridgehead atoms. The van der Waals surface area contributed by atoms with Crippen molar-refractivity contribution in [1.82, 2.24) is 4.90 Å². The quantitative estimate of drug-likeness (QED) is 0.772. The summed E-state index contributed by atoms with van der Waals surface area (Å²) in [6, 6.07) is 1.52. The maximum atomic E-state index is 13.1. The summed E-state index contributed by atoms with van der Waals surface area (Å²) < 4.78 is 39.0. The zero-order chi connectivity index (χ0) is 14.0. The summed E-state index contributed by atoms with van der Waals surface area (Å²) in [6.07, 6.45) is 2.99. The molecule has 1 amide bonds.